The minimum atomic E-state index is -5.18. The molecule has 3 N–H and O–H groups in total. The van der Waals surface area contributed by atoms with E-state index in [1.807, 2.05) is 44.3 Å². The number of anilines is 1. The first-order valence-electron chi connectivity index (χ1n) is 13.2. The maximum absolute atomic E-state index is 13.6. The van der Waals surface area contributed by atoms with Crippen LogP contribution in [0.15, 0.2) is 18.2 Å². The van der Waals surface area contributed by atoms with Gasteiger partial charge in [0.15, 0.2) is 0 Å². The van der Waals surface area contributed by atoms with Crippen LogP contribution in [0, 0.1) is 40.9 Å². The molecule has 2 aliphatic heterocycles. The van der Waals surface area contributed by atoms with Gasteiger partial charge in [0.05, 0.1) is 12.0 Å². The van der Waals surface area contributed by atoms with Crippen LogP contribution in [0.4, 0.5) is 18.9 Å². The highest BCUT2D eigenvalue weighted by atomic mass is 19.4. The summed E-state index contributed by atoms with van der Waals surface area (Å²) < 4.78 is 39.1. The van der Waals surface area contributed by atoms with Gasteiger partial charge in [-0.05, 0) is 47.6 Å². The van der Waals surface area contributed by atoms with Gasteiger partial charge in [-0.1, -0.05) is 52.3 Å². The van der Waals surface area contributed by atoms with Crippen molar-refractivity contribution >= 4 is 29.3 Å². The number of rotatable bonds is 6. The fourth-order valence-corrected chi connectivity index (χ4v) is 6.16. The molecule has 2 heterocycles. The number of nitriles is 1. The number of hydrogen-bond acceptors (Lipinski definition) is 5. The lowest BCUT2D eigenvalue weighted by Gasteiger charge is -2.37. The number of hydrogen-bond donors (Lipinski definition) is 3. The number of likely N-dealkylation sites (tertiary alicyclic amines) is 1. The van der Waals surface area contributed by atoms with Gasteiger partial charge in [0.25, 0.3) is 0 Å². The SMILES string of the molecule is Cc1ccc2c(c1)C(CC(C#N)NC(=O)[C@@H]1[C@@H]3[C@H](CN1C(=O)[C@@H](NC(=O)C(F)(F)F)C(C)(C)C)C3(C)C)C(=O)N2. The number of fused-ring (bicyclic) bond motifs is 2. The molecule has 12 heteroatoms. The van der Waals surface area contributed by atoms with Crippen LogP contribution in [0.5, 0.6) is 0 Å². The average molecular weight is 562 g/mol. The van der Waals surface area contributed by atoms with E-state index < -0.39 is 53.4 Å². The largest absolute Gasteiger partial charge is 0.471 e. The van der Waals surface area contributed by atoms with Crippen molar-refractivity contribution in [3.05, 3.63) is 29.3 Å². The molecule has 0 aromatic heterocycles. The maximum Gasteiger partial charge on any atom is 0.471 e. The fourth-order valence-electron chi connectivity index (χ4n) is 6.16. The predicted molar refractivity (Wildman–Crippen MR) is 138 cm³/mol. The van der Waals surface area contributed by atoms with Crippen LogP contribution in [0.2, 0.25) is 0 Å². The van der Waals surface area contributed by atoms with Crippen molar-refractivity contribution in [2.75, 3.05) is 11.9 Å². The van der Waals surface area contributed by atoms with E-state index >= 15 is 0 Å². The molecule has 1 aromatic rings. The Hall–Kier alpha value is -3.62. The Morgan fingerprint density at radius 3 is 2.42 bits per heavy atom. The van der Waals surface area contributed by atoms with Crippen LogP contribution in [-0.4, -0.2) is 59.4 Å². The third-order valence-corrected chi connectivity index (χ3v) is 8.51. The summed E-state index contributed by atoms with van der Waals surface area (Å²) in [6.45, 7) is 10.5. The Morgan fingerprint density at radius 2 is 1.85 bits per heavy atom. The molecule has 1 aromatic carbocycles. The van der Waals surface area contributed by atoms with E-state index in [9.17, 15) is 37.6 Å². The summed E-state index contributed by atoms with van der Waals surface area (Å²) in [5.74, 6) is -4.92. The number of nitrogens with one attached hydrogen (secondary N) is 3. The van der Waals surface area contributed by atoms with Gasteiger partial charge in [0, 0.05) is 12.2 Å². The Labute approximate surface area is 230 Å². The van der Waals surface area contributed by atoms with Crippen molar-refractivity contribution in [2.45, 2.75) is 78.2 Å². The number of halogens is 3. The molecule has 40 heavy (non-hydrogen) atoms. The maximum atomic E-state index is 13.6. The minimum Gasteiger partial charge on any atom is -0.339 e. The van der Waals surface area contributed by atoms with Gasteiger partial charge in [-0.15, -0.1) is 0 Å². The molecular formula is C28H34F3N5O4. The third-order valence-electron chi connectivity index (χ3n) is 8.51. The molecule has 6 atom stereocenters. The van der Waals surface area contributed by atoms with Crippen LogP contribution in [0.25, 0.3) is 0 Å². The lowest BCUT2D eigenvalue weighted by molar-refractivity contribution is -0.176. The second kappa shape index (κ2) is 9.78. The molecule has 9 nitrogen and oxygen atoms in total. The van der Waals surface area contributed by atoms with Gasteiger partial charge in [-0.25, -0.2) is 0 Å². The van der Waals surface area contributed by atoms with Gasteiger partial charge in [0.1, 0.15) is 18.1 Å². The Bertz CT molecular complexity index is 1300. The number of nitrogens with zero attached hydrogens (tertiary/aromatic N) is 2. The summed E-state index contributed by atoms with van der Waals surface area (Å²) in [5, 5.41) is 17.1. The molecule has 3 aliphatic rings. The summed E-state index contributed by atoms with van der Waals surface area (Å²) in [4.78, 5) is 52.9. The number of carbonyl (C=O) groups excluding carboxylic acids is 4. The van der Waals surface area contributed by atoms with Gasteiger partial charge in [0.2, 0.25) is 17.7 Å². The van der Waals surface area contributed by atoms with Crippen molar-refractivity contribution in [1.29, 1.82) is 5.26 Å². The Kier molecular flexibility index (Phi) is 7.18. The van der Waals surface area contributed by atoms with Crippen molar-refractivity contribution in [1.82, 2.24) is 15.5 Å². The highest BCUT2D eigenvalue weighted by Crippen LogP contribution is 2.65. The molecule has 1 saturated heterocycles. The van der Waals surface area contributed by atoms with Crippen LogP contribution in [0.1, 0.15) is 58.1 Å². The molecule has 0 radical (unpaired) electrons. The number of aryl methyl sites for hydroxylation is 1. The zero-order valence-electron chi connectivity index (χ0n) is 23.3. The first kappa shape index (κ1) is 29.4. The van der Waals surface area contributed by atoms with Crippen LogP contribution in [-0.2, 0) is 19.2 Å². The molecule has 2 fully saturated rings. The monoisotopic (exact) mass is 561 g/mol. The fraction of sp³-hybridized carbons (Fsp3) is 0.607. The highest BCUT2D eigenvalue weighted by molar-refractivity contribution is 6.03. The van der Waals surface area contributed by atoms with Gasteiger partial charge in [-0.3, -0.25) is 19.2 Å². The topological polar surface area (TPSA) is 131 Å². The van der Waals surface area contributed by atoms with E-state index in [1.54, 1.807) is 6.07 Å². The first-order chi connectivity index (χ1) is 18.4. The van der Waals surface area contributed by atoms with Crippen molar-refractivity contribution in [3.8, 4) is 6.07 Å². The van der Waals surface area contributed by atoms with Crippen molar-refractivity contribution in [2.24, 2.45) is 22.7 Å². The van der Waals surface area contributed by atoms with Crippen molar-refractivity contribution in [3.63, 3.8) is 0 Å². The third kappa shape index (κ3) is 5.25. The summed E-state index contributed by atoms with van der Waals surface area (Å²) in [5.41, 5.74) is 0.931. The molecule has 216 valence electrons. The number of alkyl halides is 3. The molecule has 4 rings (SSSR count). The summed E-state index contributed by atoms with van der Waals surface area (Å²) in [6, 6.07) is 3.89. The summed E-state index contributed by atoms with van der Waals surface area (Å²) in [7, 11) is 0. The number of benzene rings is 1. The average Bonchev–Trinajstić information content (AvgIpc) is 3.14. The van der Waals surface area contributed by atoms with Crippen LogP contribution >= 0.6 is 0 Å². The number of carbonyl (C=O) groups is 4. The van der Waals surface area contributed by atoms with Crippen molar-refractivity contribution < 1.29 is 32.3 Å². The molecule has 0 spiro atoms. The first-order valence-corrected chi connectivity index (χ1v) is 13.2. The second-order valence-corrected chi connectivity index (χ2v) is 12.7. The normalized spacial score (nSPS) is 26.1. The van der Waals surface area contributed by atoms with Gasteiger partial charge in [-0.2, -0.15) is 18.4 Å². The van der Waals surface area contributed by atoms with E-state index in [2.05, 4.69) is 10.6 Å². The summed E-state index contributed by atoms with van der Waals surface area (Å²) in [6.07, 6.45) is -5.17. The zero-order valence-corrected chi connectivity index (χ0v) is 23.3. The van der Waals surface area contributed by atoms with E-state index in [1.165, 1.54) is 25.7 Å². The van der Waals surface area contributed by atoms with Gasteiger partial charge < -0.3 is 20.9 Å². The summed E-state index contributed by atoms with van der Waals surface area (Å²) >= 11 is 0. The van der Waals surface area contributed by atoms with E-state index in [0.29, 0.717) is 5.69 Å². The molecular weight excluding hydrogens is 527 g/mol. The van der Waals surface area contributed by atoms with Crippen LogP contribution < -0.4 is 16.0 Å². The van der Waals surface area contributed by atoms with E-state index in [4.69, 9.17) is 0 Å². The quantitative estimate of drug-likeness (QED) is 0.492. The Balaban J connectivity index is 1.55. The van der Waals surface area contributed by atoms with Crippen LogP contribution in [0.3, 0.4) is 0 Å². The van der Waals surface area contributed by atoms with E-state index in [0.717, 1.165) is 11.1 Å². The predicted octanol–water partition coefficient (Wildman–Crippen LogP) is 3.01. The lowest BCUT2D eigenvalue weighted by Crippen LogP contribution is -2.61. The second-order valence-electron chi connectivity index (χ2n) is 12.7. The molecule has 1 aliphatic carbocycles. The minimum absolute atomic E-state index is 0.00887. The van der Waals surface area contributed by atoms with E-state index in [-0.39, 0.29) is 36.1 Å². The highest BCUT2D eigenvalue weighted by Gasteiger charge is 2.70. The zero-order chi connectivity index (χ0) is 29.9. The molecule has 4 amide bonds. The number of piperidine rings is 1. The molecule has 1 saturated carbocycles. The number of amides is 4. The molecule has 2 unspecified atom stereocenters. The van der Waals surface area contributed by atoms with Gasteiger partial charge >= 0.3 is 12.1 Å². The standard InChI is InChI=1S/C28H34F3N5O4/c1-13-7-8-18-15(9-13)16(22(37)34-18)10-14(11-32)33-23(38)20-19-17(27(19,5)6)12-36(20)24(39)21(26(2,3)4)35-25(40)28(29,30)31/h7-9,14,16-17,19-21H,10,12H2,1-6H3,(H,33,38)(H,34,37)(H,35,40)/t14?,16?,17-,19-,20-,21+/m0/s1. The lowest BCUT2D eigenvalue weighted by atomic mass is 9.85. The smallest absolute Gasteiger partial charge is 0.339 e. The molecule has 0 bridgehead atoms. The Morgan fingerprint density at radius 1 is 1.20 bits per heavy atom.